The van der Waals surface area contributed by atoms with Crippen LogP contribution in [0.3, 0.4) is 0 Å². The number of hydrogen-bond acceptors (Lipinski definition) is 8. The Morgan fingerprint density at radius 2 is 0.312 bits per heavy atom. The third kappa shape index (κ3) is 254. The molecule has 0 heterocycles. The van der Waals surface area contributed by atoms with Gasteiger partial charge in [0.1, 0.15) is 0 Å². The summed E-state index contributed by atoms with van der Waals surface area (Å²) >= 11 is 16.3. The second-order valence-corrected chi connectivity index (χ2v) is 0. The zero-order chi connectivity index (χ0) is 8.00. The molecule has 120 valence electrons. The number of hydrogen-bond donors (Lipinski definition) is 0. The zero-order valence-electron chi connectivity index (χ0n) is 8.84. The molecule has 0 aromatic heterocycles. The molecule has 0 saturated heterocycles. The fourth-order valence-corrected chi connectivity index (χ4v) is 0. The van der Waals surface area contributed by atoms with E-state index in [1.807, 2.05) is 0 Å². The Labute approximate surface area is 195 Å². The molecule has 0 aliphatic heterocycles. The summed E-state index contributed by atoms with van der Waals surface area (Å²) in [7, 11) is 0. The average molecular weight is 544 g/mol. The molecule has 0 atom stereocenters. The quantitative estimate of drug-likeness (QED) is 0.226. The minimum Gasteiger partial charge on any atom is -0.813 e. The van der Waals surface area contributed by atoms with Crippen LogP contribution < -0.4 is 0 Å². The molecule has 0 saturated carbocycles. The average Bonchev–Trinajstić information content (AvgIpc) is 2.03. The minimum absolute atomic E-state index is 0. The molecule has 0 bridgehead atoms. The molecule has 0 spiro atoms. The molecular weight excluding hydrogens is 528 g/mol. The van der Waals surface area contributed by atoms with Crippen molar-refractivity contribution in [3.8, 4) is 0 Å². The number of rotatable bonds is 0. The predicted octanol–water partition coefficient (Wildman–Crippen LogP) is -0.438. The van der Waals surface area contributed by atoms with Gasteiger partial charge in [-0.15, -0.1) is 0 Å². The molecule has 0 aliphatic rings. The topological polar surface area (TPSA) is 0 Å². The van der Waals surface area contributed by atoms with Crippen molar-refractivity contribution in [1.82, 2.24) is 0 Å². The van der Waals surface area contributed by atoms with E-state index in [-0.39, 0.29) is 122 Å². The summed E-state index contributed by atoms with van der Waals surface area (Å²) < 4.78 is 0. The normalized spacial score (nSPS) is 1.50. The molecule has 16 heavy (non-hydrogen) atoms. The largest absolute Gasteiger partial charge is 0.813 e. The van der Waals surface area contributed by atoms with Crippen LogP contribution in [0, 0.1) is 0 Å². The van der Waals surface area contributed by atoms with Crippen molar-refractivity contribution in [2.45, 2.75) is 0 Å². The SMILES string of the molecule is C[S-].C[S-].C[S-].C[S-].[Fe].[Fe].[Fe].[Fe].[SH-].[SH-].[SH-].[SH-]. The monoisotopic (exact) mass is 544 g/mol. The fourth-order valence-electron chi connectivity index (χ4n) is 0. The van der Waals surface area contributed by atoms with Crippen molar-refractivity contribution >= 4 is 104 Å². The van der Waals surface area contributed by atoms with Crippen molar-refractivity contribution in [1.29, 1.82) is 0 Å². The molecule has 0 nitrogen and oxygen atoms in total. The molecule has 12 heteroatoms. The first-order chi connectivity index (χ1) is 4.00. The summed E-state index contributed by atoms with van der Waals surface area (Å²) in [6.07, 6.45) is 6.33. The zero-order valence-corrected chi connectivity index (χ0v) is 20.1. The minimum atomic E-state index is 0. The molecule has 0 unspecified atom stereocenters. The van der Waals surface area contributed by atoms with Gasteiger partial charge in [0.05, 0.1) is 0 Å². The van der Waals surface area contributed by atoms with Gasteiger partial charge in [0.25, 0.3) is 0 Å². The molecule has 0 fully saturated rings. The third-order valence-corrected chi connectivity index (χ3v) is 0. The van der Waals surface area contributed by atoms with E-state index in [9.17, 15) is 0 Å². The Hall–Kier alpha value is 4.88. The Bertz CT molecular complexity index is 24.0. The second kappa shape index (κ2) is 298. The smallest absolute Gasteiger partial charge is 0 e. The van der Waals surface area contributed by atoms with Gasteiger partial charge in [0, 0.05) is 68.3 Å². The van der Waals surface area contributed by atoms with Gasteiger partial charge in [-0.3, -0.25) is 0 Å². The van der Waals surface area contributed by atoms with Gasteiger partial charge >= 0.3 is 0 Å². The number of thiol groups is 4. The van der Waals surface area contributed by atoms with E-state index in [0.717, 1.165) is 0 Å². The van der Waals surface area contributed by atoms with Crippen LogP contribution in [-0.2, 0) is 173 Å². The van der Waals surface area contributed by atoms with E-state index < -0.39 is 0 Å². The Balaban J connectivity index is -0.00000000114. The van der Waals surface area contributed by atoms with Gasteiger partial charge in [0.15, 0.2) is 0 Å². The summed E-state index contributed by atoms with van der Waals surface area (Å²) in [6.45, 7) is 0. The van der Waals surface area contributed by atoms with Crippen molar-refractivity contribution in [3.05, 3.63) is 0 Å². The van der Waals surface area contributed by atoms with Crippen molar-refractivity contribution in [2.24, 2.45) is 0 Å². The van der Waals surface area contributed by atoms with Crippen LogP contribution in [0.1, 0.15) is 0 Å². The Morgan fingerprint density at radius 3 is 0.312 bits per heavy atom. The van der Waals surface area contributed by atoms with Gasteiger partial charge in [-0.05, 0) is 0 Å². The summed E-state index contributed by atoms with van der Waals surface area (Å²) in [4.78, 5) is 0. The summed E-state index contributed by atoms with van der Waals surface area (Å²) in [6, 6.07) is 0. The molecule has 0 rings (SSSR count). The standard InChI is InChI=1S/4CH4S.4Fe.4H2S/c4*1-2;;;;;;;;/h4*2H,1H3;;;;;4*1H2/p-8. The predicted molar refractivity (Wildman–Crippen MR) is 88.2 cm³/mol. The molecule has 0 aromatic carbocycles. The van der Waals surface area contributed by atoms with E-state index in [0.29, 0.717) is 0 Å². The van der Waals surface area contributed by atoms with Crippen LogP contribution in [-0.4, -0.2) is 25.0 Å². The summed E-state index contributed by atoms with van der Waals surface area (Å²) in [5.41, 5.74) is 0. The van der Waals surface area contributed by atoms with Crippen LogP contribution in [0.2, 0.25) is 0 Å². The van der Waals surface area contributed by atoms with Crippen molar-refractivity contribution in [3.63, 3.8) is 0 Å². The fraction of sp³-hybridized carbons (Fsp3) is 1.00. The van der Waals surface area contributed by atoms with Gasteiger partial charge in [-0.2, -0.15) is 25.0 Å². The van der Waals surface area contributed by atoms with Crippen LogP contribution in [0.15, 0.2) is 0 Å². The maximum atomic E-state index is 4.08. The Kier molecular flexibility index (Phi) is 1950. The van der Waals surface area contributed by atoms with E-state index in [2.05, 4.69) is 50.5 Å². The van der Waals surface area contributed by atoms with Crippen LogP contribution >= 0.6 is 0 Å². The van der Waals surface area contributed by atoms with E-state index in [4.69, 9.17) is 0 Å². The van der Waals surface area contributed by atoms with Gasteiger partial charge in [-0.1, -0.05) is 0 Å². The van der Waals surface area contributed by atoms with E-state index in [1.165, 1.54) is 0 Å². The first-order valence-corrected chi connectivity index (χ1v) is 4.90. The molecule has 0 aromatic rings. The van der Waals surface area contributed by atoms with Crippen LogP contribution in [0.5, 0.6) is 0 Å². The van der Waals surface area contributed by atoms with Crippen molar-refractivity contribution < 1.29 is 68.3 Å². The van der Waals surface area contributed by atoms with E-state index in [1.54, 1.807) is 25.0 Å². The second-order valence-electron chi connectivity index (χ2n) is 0. The van der Waals surface area contributed by atoms with E-state index >= 15 is 0 Å². The molecule has 0 amide bonds. The van der Waals surface area contributed by atoms with Crippen molar-refractivity contribution in [2.75, 3.05) is 25.0 Å². The molecular formula is C4H16Fe4S8-8. The Morgan fingerprint density at radius 1 is 0.312 bits per heavy atom. The van der Waals surface area contributed by atoms with Crippen LogP contribution in [0.25, 0.3) is 0 Å². The molecule has 0 radical (unpaired) electrons. The van der Waals surface area contributed by atoms with Gasteiger partial charge in [0.2, 0.25) is 0 Å². The van der Waals surface area contributed by atoms with Gasteiger partial charge in [-0.25, -0.2) is 0 Å². The molecule has 0 aliphatic carbocycles. The summed E-state index contributed by atoms with van der Waals surface area (Å²) in [5, 5.41) is 0. The first-order valence-electron chi connectivity index (χ1n) is 1.63. The molecule has 0 N–H and O–H groups in total. The maximum absolute atomic E-state index is 4.08. The summed E-state index contributed by atoms with van der Waals surface area (Å²) in [5.74, 6) is 0. The van der Waals surface area contributed by atoms with Gasteiger partial charge < -0.3 is 104 Å². The maximum Gasteiger partial charge on any atom is 0 e. The first kappa shape index (κ1) is 105. The third-order valence-electron chi connectivity index (χ3n) is 0. The van der Waals surface area contributed by atoms with Crippen LogP contribution in [0.4, 0.5) is 0 Å².